The summed E-state index contributed by atoms with van der Waals surface area (Å²) in [7, 11) is 0. The minimum atomic E-state index is -0.733. The van der Waals surface area contributed by atoms with Gasteiger partial charge in [0.05, 0.1) is 19.6 Å². The van der Waals surface area contributed by atoms with Crippen molar-refractivity contribution in [2.45, 2.75) is 51.6 Å². The summed E-state index contributed by atoms with van der Waals surface area (Å²) in [5.74, 6) is -0.282. The summed E-state index contributed by atoms with van der Waals surface area (Å²) in [6.45, 7) is 6.30. The van der Waals surface area contributed by atoms with Crippen LogP contribution >= 0.6 is 0 Å². The molecule has 1 N–H and O–H groups in total. The highest BCUT2D eigenvalue weighted by molar-refractivity contribution is 5.71. The molecule has 0 fully saturated rings. The summed E-state index contributed by atoms with van der Waals surface area (Å²) < 4.78 is 6.99. The highest BCUT2D eigenvalue weighted by Gasteiger charge is 2.33. The van der Waals surface area contributed by atoms with E-state index in [-0.39, 0.29) is 23.9 Å². The first-order valence-electron chi connectivity index (χ1n) is 8.11. The molecule has 1 aromatic rings. The van der Waals surface area contributed by atoms with Gasteiger partial charge in [-0.05, 0) is 30.7 Å². The first-order chi connectivity index (χ1) is 11.3. The van der Waals surface area contributed by atoms with E-state index in [0.29, 0.717) is 19.6 Å². The van der Waals surface area contributed by atoms with Gasteiger partial charge in [-0.3, -0.25) is 14.9 Å². The van der Waals surface area contributed by atoms with Crippen LogP contribution in [-0.4, -0.2) is 39.8 Å². The first-order valence-corrected chi connectivity index (χ1v) is 8.11. The van der Waals surface area contributed by atoms with Gasteiger partial charge in [-0.25, -0.2) is 0 Å². The number of aliphatic hydroxyl groups is 1. The number of aliphatic hydroxyl groups excluding tert-OH is 1. The monoisotopic (exact) mass is 336 g/mol. The van der Waals surface area contributed by atoms with Crippen LogP contribution in [0.4, 0.5) is 0 Å². The lowest BCUT2D eigenvalue weighted by atomic mass is 9.85. The largest absolute Gasteiger partial charge is 0.466 e. The molecule has 0 saturated heterocycles. The van der Waals surface area contributed by atoms with Crippen LogP contribution in [0.3, 0.4) is 0 Å². The maximum Gasteiger partial charge on any atom is 0.306 e. The molecule has 0 radical (unpaired) electrons. The van der Waals surface area contributed by atoms with E-state index >= 15 is 0 Å². The molecule has 7 nitrogen and oxygen atoms in total. The average Bonchev–Trinajstić information content (AvgIpc) is 2.86. The Morgan fingerprint density at radius 1 is 1.54 bits per heavy atom. The fourth-order valence-corrected chi connectivity index (χ4v) is 3.19. The van der Waals surface area contributed by atoms with Crippen LogP contribution in [0, 0.1) is 10.1 Å². The number of fused-ring (bicyclic) bond motifs is 1. The fourth-order valence-electron chi connectivity index (χ4n) is 3.19. The SMILES string of the molecule is CCOC(=O)CC(C)(C)c1cc2c(n1CCO)C=CC([N+](=O)[O-])C2. The van der Waals surface area contributed by atoms with Crippen LogP contribution in [0.5, 0.6) is 0 Å². The minimum absolute atomic E-state index is 0.0455. The number of hydrogen-bond donors (Lipinski definition) is 1. The van der Waals surface area contributed by atoms with Crippen molar-refractivity contribution in [1.29, 1.82) is 0 Å². The summed E-state index contributed by atoms with van der Waals surface area (Å²) in [5.41, 5.74) is 2.12. The van der Waals surface area contributed by atoms with Gasteiger partial charge in [0.15, 0.2) is 0 Å². The fraction of sp³-hybridized carbons (Fsp3) is 0.588. The van der Waals surface area contributed by atoms with Crippen molar-refractivity contribution in [2.24, 2.45) is 0 Å². The van der Waals surface area contributed by atoms with Gasteiger partial charge < -0.3 is 14.4 Å². The second-order valence-corrected chi connectivity index (χ2v) is 6.60. The second kappa shape index (κ2) is 7.17. The number of nitrogens with zero attached hydrogens (tertiary/aromatic N) is 2. The van der Waals surface area contributed by atoms with Crippen molar-refractivity contribution in [1.82, 2.24) is 4.57 Å². The van der Waals surface area contributed by atoms with Gasteiger partial charge in [0.2, 0.25) is 6.04 Å². The van der Waals surface area contributed by atoms with Crippen LogP contribution in [0.15, 0.2) is 12.1 Å². The molecule has 0 aliphatic heterocycles. The lowest BCUT2D eigenvalue weighted by Crippen LogP contribution is -2.27. The van der Waals surface area contributed by atoms with Crippen LogP contribution in [0.2, 0.25) is 0 Å². The number of carbonyl (C=O) groups is 1. The van der Waals surface area contributed by atoms with Gasteiger partial charge in [-0.2, -0.15) is 0 Å². The van der Waals surface area contributed by atoms with Crippen molar-refractivity contribution in [3.63, 3.8) is 0 Å². The molecule has 0 aromatic carbocycles. The number of hydrogen-bond acceptors (Lipinski definition) is 5. The molecule has 1 atom stereocenters. The van der Waals surface area contributed by atoms with E-state index in [1.165, 1.54) is 0 Å². The molecule has 0 spiro atoms. The van der Waals surface area contributed by atoms with E-state index < -0.39 is 11.5 Å². The zero-order valence-corrected chi connectivity index (χ0v) is 14.3. The van der Waals surface area contributed by atoms with Gasteiger partial charge in [-0.1, -0.05) is 13.8 Å². The molecule has 1 aliphatic rings. The molecular formula is C17H24N2O5. The molecule has 0 saturated carbocycles. The molecule has 132 valence electrons. The maximum absolute atomic E-state index is 11.9. The lowest BCUT2D eigenvalue weighted by molar-refractivity contribution is -0.508. The topological polar surface area (TPSA) is 94.6 Å². The second-order valence-electron chi connectivity index (χ2n) is 6.60. The zero-order valence-electron chi connectivity index (χ0n) is 14.3. The van der Waals surface area contributed by atoms with Crippen LogP contribution in [0.25, 0.3) is 6.08 Å². The Kier molecular flexibility index (Phi) is 5.43. The third-order valence-electron chi connectivity index (χ3n) is 4.31. The van der Waals surface area contributed by atoms with E-state index in [9.17, 15) is 20.0 Å². The van der Waals surface area contributed by atoms with Gasteiger partial charge in [-0.15, -0.1) is 0 Å². The molecule has 7 heteroatoms. The number of aromatic nitrogens is 1. The number of ether oxygens (including phenoxy) is 1. The zero-order chi connectivity index (χ0) is 17.9. The van der Waals surface area contributed by atoms with E-state index in [0.717, 1.165) is 17.0 Å². The number of carbonyl (C=O) groups excluding carboxylic acids is 1. The lowest BCUT2D eigenvalue weighted by Gasteiger charge is -2.26. The third-order valence-corrected chi connectivity index (χ3v) is 4.31. The molecule has 1 unspecified atom stereocenters. The number of esters is 1. The molecule has 1 aliphatic carbocycles. The van der Waals surface area contributed by atoms with Gasteiger partial charge in [0, 0.05) is 34.7 Å². The normalized spacial score (nSPS) is 16.8. The maximum atomic E-state index is 11.9. The Morgan fingerprint density at radius 2 is 2.25 bits per heavy atom. The molecule has 1 heterocycles. The van der Waals surface area contributed by atoms with Crippen LogP contribution in [0.1, 0.15) is 44.1 Å². The summed E-state index contributed by atoms with van der Waals surface area (Å²) in [6, 6.07) is 1.19. The predicted molar refractivity (Wildman–Crippen MR) is 89.3 cm³/mol. The van der Waals surface area contributed by atoms with Gasteiger partial charge in [0.25, 0.3) is 0 Å². The summed E-state index contributed by atoms with van der Waals surface area (Å²) in [5, 5.41) is 20.4. The molecule has 2 rings (SSSR count). The van der Waals surface area contributed by atoms with E-state index in [4.69, 9.17) is 4.74 Å². The standard InChI is InChI=1S/C17H24N2O5/c1-4-24-16(21)11-17(2,3)15-10-12-9-13(19(22)23)5-6-14(12)18(15)7-8-20/h5-6,10,13,20H,4,7-9,11H2,1-3H3. The summed E-state index contributed by atoms with van der Waals surface area (Å²) in [4.78, 5) is 22.6. The predicted octanol–water partition coefficient (Wildman–Crippen LogP) is 1.93. The average molecular weight is 336 g/mol. The Bertz CT molecular complexity index is 660. The Balaban J connectivity index is 2.39. The third kappa shape index (κ3) is 3.67. The van der Waals surface area contributed by atoms with Gasteiger partial charge in [0.1, 0.15) is 0 Å². The minimum Gasteiger partial charge on any atom is -0.466 e. The van der Waals surface area contributed by atoms with E-state index in [1.807, 2.05) is 24.5 Å². The smallest absolute Gasteiger partial charge is 0.306 e. The number of rotatable bonds is 7. The molecule has 24 heavy (non-hydrogen) atoms. The first kappa shape index (κ1) is 18.2. The highest BCUT2D eigenvalue weighted by Crippen LogP contribution is 2.34. The van der Waals surface area contributed by atoms with Crippen molar-refractivity contribution in [3.8, 4) is 0 Å². The quantitative estimate of drug-likeness (QED) is 0.466. The van der Waals surface area contributed by atoms with E-state index in [2.05, 4.69) is 0 Å². The Labute approximate surface area is 141 Å². The van der Waals surface area contributed by atoms with Crippen LogP contribution < -0.4 is 0 Å². The molecule has 1 aromatic heterocycles. The van der Waals surface area contributed by atoms with Crippen molar-refractivity contribution < 1.29 is 19.6 Å². The van der Waals surface area contributed by atoms with E-state index in [1.54, 1.807) is 19.1 Å². The van der Waals surface area contributed by atoms with Crippen molar-refractivity contribution >= 4 is 12.0 Å². The van der Waals surface area contributed by atoms with Crippen molar-refractivity contribution in [2.75, 3.05) is 13.2 Å². The molecular weight excluding hydrogens is 312 g/mol. The van der Waals surface area contributed by atoms with Crippen molar-refractivity contribution in [3.05, 3.63) is 39.2 Å². The number of nitro groups is 1. The summed E-state index contributed by atoms with van der Waals surface area (Å²) >= 11 is 0. The Morgan fingerprint density at radius 3 is 2.83 bits per heavy atom. The van der Waals surface area contributed by atoms with Crippen LogP contribution in [-0.2, 0) is 27.9 Å². The highest BCUT2D eigenvalue weighted by atomic mass is 16.6. The molecule has 0 amide bonds. The van der Waals surface area contributed by atoms with Gasteiger partial charge >= 0.3 is 5.97 Å². The molecule has 0 bridgehead atoms. The Hall–Kier alpha value is -2.15. The summed E-state index contributed by atoms with van der Waals surface area (Å²) in [6.07, 6.45) is 3.85.